The van der Waals surface area contributed by atoms with Gasteiger partial charge in [0.2, 0.25) is 0 Å². The summed E-state index contributed by atoms with van der Waals surface area (Å²) in [7, 11) is 4.05. The van der Waals surface area contributed by atoms with Gasteiger partial charge >= 0.3 is 0 Å². The molecule has 1 N–H and O–H groups in total. The predicted octanol–water partition coefficient (Wildman–Crippen LogP) is 3.00. The SMILES string of the molecule is CN(C)CCCCNc1cc(Cl)ccc1[N+](=O)[O-]. The number of anilines is 1. The molecule has 0 spiro atoms. The van der Waals surface area contributed by atoms with Crippen molar-refractivity contribution in [3.63, 3.8) is 0 Å². The second kappa shape index (κ2) is 7.18. The zero-order valence-electron chi connectivity index (χ0n) is 10.6. The average Bonchev–Trinajstić information content (AvgIpc) is 2.27. The highest BCUT2D eigenvalue weighted by Gasteiger charge is 2.12. The first kappa shape index (κ1) is 14.7. The highest BCUT2D eigenvalue weighted by atomic mass is 35.5. The van der Waals surface area contributed by atoms with E-state index in [1.807, 2.05) is 14.1 Å². The van der Waals surface area contributed by atoms with E-state index < -0.39 is 4.92 Å². The Bertz CT molecular complexity index is 410. The summed E-state index contributed by atoms with van der Waals surface area (Å²) < 4.78 is 0. The summed E-state index contributed by atoms with van der Waals surface area (Å²) in [5.41, 5.74) is 0.546. The van der Waals surface area contributed by atoms with Crippen molar-refractivity contribution in [1.29, 1.82) is 0 Å². The molecule has 0 heterocycles. The van der Waals surface area contributed by atoms with Crippen LogP contribution < -0.4 is 5.32 Å². The molecule has 0 unspecified atom stereocenters. The average molecular weight is 272 g/mol. The lowest BCUT2D eigenvalue weighted by atomic mass is 10.2. The lowest BCUT2D eigenvalue weighted by Crippen LogP contribution is -2.14. The van der Waals surface area contributed by atoms with E-state index in [2.05, 4.69) is 10.2 Å². The highest BCUT2D eigenvalue weighted by molar-refractivity contribution is 6.31. The van der Waals surface area contributed by atoms with E-state index in [1.54, 1.807) is 6.07 Å². The normalized spacial score (nSPS) is 10.7. The Hall–Kier alpha value is -1.33. The number of unbranched alkanes of at least 4 members (excludes halogenated alkanes) is 1. The fourth-order valence-electron chi connectivity index (χ4n) is 1.59. The molecule has 0 bridgehead atoms. The number of hydrogen-bond donors (Lipinski definition) is 1. The first-order chi connectivity index (χ1) is 8.50. The van der Waals surface area contributed by atoms with Crippen LogP contribution in [0.2, 0.25) is 5.02 Å². The minimum Gasteiger partial charge on any atom is -0.379 e. The quantitative estimate of drug-likeness (QED) is 0.470. The van der Waals surface area contributed by atoms with Gasteiger partial charge in [-0.15, -0.1) is 0 Å². The third-order valence-electron chi connectivity index (χ3n) is 2.50. The van der Waals surface area contributed by atoms with Crippen LogP contribution in [0.15, 0.2) is 18.2 Å². The van der Waals surface area contributed by atoms with Crippen molar-refractivity contribution in [1.82, 2.24) is 4.90 Å². The minimum atomic E-state index is -0.404. The van der Waals surface area contributed by atoms with Crippen molar-refractivity contribution >= 4 is 23.0 Å². The number of nitro groups is 1. The number of benzene rings is 1. The van der Waals surface area contributed by atoms with Gasteiger partial charge in [-0.25, -0.2) is 0 Å². The fourth-order valence-corrected chi connectivity index (χ4v) is 1.76. The molecule has 1 aromatic rings. The van der Waals surface area contributed by atoms with E-state index in [4.69, 9.17) is 11.6 Å². The lowest BCUT2D eigenvalue weighted by molar-refractivity contribution is -0.384. The summed E-state index contributed by atoms with van der Waals surface area (Å²) in [4.78, 5) is 12.5. The smallest absolute Gasteiger partial charge is 0.292 e. The minimum absolute atomic E-state index is 0.0620. The topological polar surface area (TPSA) is 58.4 Å². The molecule has 6 heteroatoms. The van der Waals surface area contributed by atoms with Crippen LogP contribution in [-0.4, -0.2) is 37.0 Å². The number of rotatable bonds is 7. The molecule has 0 fully saturated rings. The maximum atomic E-state index is 10.8. The molecule has 1 rings (SSSR count). The first-order valence-electron chi connectivity index (χ1n) is 5.83. The number of halogens is 1. The van der Waals surface area contributed by atoms with E-state index in [9.17, 15) is 10.1 Å². The van der Waals surface area contributed by atoms with Gasteiger partial charge < -0.3 is 10.2 Å². The summed E-state index contributed by atoms with van der Waals surface area (Å²) in [5.74, 6) is 0. The van der Waals surface area contributed by atoms with Crippen molar-refractivity contribution in [3.8, 4) is 0 Å². The van der Waals surface area contributed by atoms with Gasteiger partial charge in [-0.05, 0) is 45.6 Å². The molecule has 100 valence electrons. The Labute approximate surface area is 112 Å². The van der Waals surface area contributed by atoms with Gasteiger partial charge in [-0.1, -0.05) is 11.6 Å². The summed E-state index contributed by atoms with van der Waals surface area (Å²) in [5, 5.41) is 14.4. The van der Waals surface area contributed by atoms with Gasteiger partial charge in [0.1, 0.15) is 5.69 Å². The zero-order valence-corrected chi connectivity index (χ0v) is 11.4. The second-order valence-corrected chi connectivity index (χ2v) is 4.79. The predicted molar refractivity (Wildman–Crippen MR) is 74.4 cm³/mol. The Morgan fingerprint density at radius 2 is 2.11 bits per heavy atom. The zero-order chi connectivity index (χ0) is 13.5. The van der Waals surface area contributed by atoms with Crippen LogP contribution in [0.5, 0.6) is 0 Å². The molecule has 18 heavy (non-hydrogen) atoms. The Morgan fingerprint density at radius 3 is 2.72 bits per heavy atom. The standard InChI is InChI=1S/C12H18ClN3O2/c1-15(2)8-4-3-7-14-11-9-10(13)5-6-12(11)16(17)18/h5-6,9,14H,3-4,7-8H2,1-2H3. The van der Waals surface area contributed by atoms with Crippen LogP contribution in [0.1, 0.15) is 12.8 Å². The Morgan fingerprint density at radius 1 is 1.39 bits per heavy atom. The van der Waals surface area contributed by atoms with Crippen molar-refractivity contribution in [2.75, 3.05) is 32.5 Å². The summed E-state index contributed by atoms with van der Waals surface area (Å²) >= 11 is 5.83. The molecular formula is C12H18ClN3O2. The van der Waals surface area contributed by atoms with Crippen LogP contribution in [0.3, 0.4) is 0 Å². The van der Waals surface area contributed by atoms with Crippen LogP contribution in [0.25, 0.3) is 0 Å². The molecule has 0 amide bonds. The molecule has 5 nitrogen and oxygen atoms in total. The lowest BCUT2D eigenvalue weighted by Gasteiger charge is -2.10. The first-order valence-corrected chi connectivity index (χ1v) is 6.21. The van der Waals surface area contributed by atoms with Crippen molar-refractivity contribution in [2.45, 2.75) is 12.8 Å². The number of hydrogen-bond acceptors (Lipinski definition) is 4. The summed E-state index contributed by atoms with van der Waals surface area (Å²) in [6.45, 7) is 1.72. The number of nitrogens with zero attached hydrogens (tertiary/aromatic N) is 2. The maximum Gasteiger partial charge on any atom is 0.292 e. The fraction of sp³-hybridized carbons (Fsp3) is 0.500. The number of nitro benzene ring substituents is 1. The van der Waals surface area contributed by atoms with Crippen molar-refractivity contribution < 1.29 is 4.92 Å². The summed E-state index contributed by atoms with van der Waals surface area (Å²) in [6.07, 6.45) is 2.01. The van der Waals surface area contributed by atoms with Crippen LogP contribution >= 0.6 is 11.6 Å². The Kier molecular flexibility index (Phi) is 5.88. The molecule has 0 aliphatic carbocycles. The second-order valence-electron chi connectivity index (χ2n) is 4.36. The van der Waals surface area contributed by atoms with Crippen molar-refractivity contribution in [3.05, 3.63) is 33.3 Å². The van der Waals surface area contributed by atoms with E-state index >= 15 is 0 Å². The maximum absolute atomic E-state index is 10.8. The summed E-state index contributed by atoms with van der Waals surface area (Å²) in [6, 6.07) is 4.53. The van der Waals surface area contributed by atoms with Gasteiger partial charge in [-0.3, -0.25) is 10.1 Å². The third-order valence-corrected chi connectivity index (χ3v) is 2.74. The third kappa shape index (κ3) is 4.89. The Balaban J connectivity index is 2.50. The van der Waals surface area contributed by atoms with Gasteiger partial charge in [-0.2, -0.15) is 0 Å². The molecular weight excluding hydrogens is 254 g/mol. The van der Waals surface area contributed by atoms with Crippen LogP contribution in [0.4, 0.5) is 11.4 Å². The molecule has 0 radical (unpaired) electrons. The van der Waals surface area contributed by atoms with Crippen LogP contribution in [0, 0.1) is 10.1 Å². The molecule has 0 aromatic heterocycles. The molecule has 0 saturated carbocycles. The molecule has 0 aliphatic rings. The largest absolute Gasteiger partial charge is 0.379 e. The van der Waals surface area contributed by atoms with Gasteiger partial charge in [0.05, 0.1) is 4.92 Å². The van der Waals surface area contributed by atoms with Crippen molar-refractivity contribution in [2.24, 2.45) is 0 Å². The van der Waals surface area contributed by atoms with E-state index in [0.717, 1.165) is 19.4 Å². The molecule has 1 aromatic carbocycles. The molecule has 0 atom stereocenters. The van der Waals surface area contributed by atoms with E-state index in [1.165, 1.54) is 12.1 Å². The van der Waals surface area contributed by atoms with Gasteiger partial charge in [0.25, 0.3) is 5.69 Å². The number of nitrogens with one attached hydrogen (secondary N) is 1. The van der Waals surface area contributed by atoms with Gasteiger partial charge in [0, 0.05) is 17.6 Å². The molecule has 0 saturated heterocycles. The van der Waals surface area contributed by atoms with E-state index in [-0.39, 0.29) is 5.69 Å². The van der Waals surface area contributed by atoms with Crippen LogP contribution in [-0.2, 0) is 0 Å². The van der Waals surface area contributed by atoms with Gasteiger partial charge in [0.15, 0.2) is 0 Å². The molecule has 0 aliphatic heterocycles. The highest BCUT2D eigenvalue weighted by Crippen LogP contribution is 2.27. The monoisotopic (exact) mass is 271 g/mol. The van der Waals surface area contributed by atoms with E-state index in [0.29, 0.717) is 17.3 Å².